The van der Waals surface area contributed by atoms with E-state index in [1.54, 1.807) is 0 Å². The summed E-state index contributed by atoms with van der Waals surface area (Å²) in [6, 6.07) is 17.7. The minimum atomic E-state index is 0.360. The van der Waals surface area contributed by atoms with Gasteiger partial charge in [0.15, 0.2) is 0 Å². The number of hydrogen-bond donors (Lipinski definition) is 0. The van der Waals surface area contributed by atoms with Crippen molar-refractivity contribution in [2.24, 2.45) is 0 Å². The molecule has 3 heteroatoms. The normalized spacial score (nSPS) is 11.3. The number of hydrogen-bond acceptors (Lipinski definition) is 2. The standard InChI is InChI=1S/C18H24N2Se/c1-19(2)13-15-9-5-7-11-17(15)21-18-12-8-6-10-16(18)14-20(3)4/h5-12H,13-14H2,1-4H3. The van der Waals surface area contributed by atoms with Crippen molar-refractivity contribution in [1.29, 1.82) is 0 Å². The van der Waals surface area contributed by atoms with Crippen LogP contribution in [-0.2, 0) is 13.1 Å². The molecule has 2 aromatic rings. The van der Waals surface area contributed by atoms with Crippen LogP contribution in [0.5, 0.6) is 0 Å². The molecule has 0 aliphatic carbocycles. The van der Waals surface area contributed by atoms with E-state index < -0.39 is 0 Å². The van der Waals surface area contributed by atoms with Crippen molar-refractivity contribution in [3.05, 3.63) is 59.7 Å². The molecule has 0 N–H and O–H groups in total. The van der Waals surface area contributed by atoms with Gasteiger partial charge in [0, 0.05) is 0 Å². The van der Waals surface area contributed by atoms with Gasteiger partial charge in [-0.1, -0.05) is 0 Å². The van der Waals surface area contributed by atoms with Crippen molar-refractivity contribution in [2.75, 3.05) is 28.2 Å². The molecule has 0 aromatic heterocycles. The average Bonchev–Trinajstić information content (AvgIpc) is 2.42. The van der Waals surface area contributed by atoms with Crippen LogP contribution >= 0.6 is 0 Å². The van der Waals surface area contributed by atoms with E-state index in [0.717, 1.165) is 13.1 Å². The third-order valence-corrected chi connectivity index (χ3v) is 5.73. The fourth-order valence-corrected chi connectivity index (χ4v) is 4.49. The van der Waals surface area contributed by atoms with Crippen LogP contribution in [0.25, 0.3) is 0 Å². The van der Waals surface area contributed by atoms with E-state index in [4.69, 9.17) is 0 Å². The Morgan fingerprint density at radius 1 is 0.667 bits per heavy atom. The van der Waals surface area contributed by atoms with E-state index in [1.165, 1.54) is 20.1 Å². The minimum absolute atomic E-state index is 0.360. The van der Waals surface area contributed by atoms with Gasteiger partial charge in [-0.15, -0.1) is 0 Å². The summed E-state index contributed by atoms with van der Waals surface area (Å²) in [7, 11) is 8.51. The van der Waals surface area contributed by atoms with Crippen molar-refractivity contribution in [3.63, 3.8) is 0 Å². The first-order valence-corrected chi connectivity index (χ1v) is 8.90. The molecule has 21 heavy (non-hydrogen) atoms. The molecule has 0 atom stereocenters. The Morgan fingerprint density at radius 2 is 1.05 bits per heavy atom. The Kier molecular flexibility index (Phi) is 6.01. The van der Waals surface area contributed by atoms with Gasteiger partial charge in [-0.05, 0) is 0 Å². The molecule has 112 valence electrons. The molecule has 0 heterocycles. The van der Waals surface area contributed by atoms with E-state index >= 15 is 0 Å². The van der Waals surface area contributed by atoms with E-state index in [1.807, 2.05) is 0 Å². The van der Waals surface area contributed by atoms with Crippen molar-refractivity contribution < 1.29 is 0 Å². The van der Waals surface area contributed by atoms with Gasteiger partial charge in [-0.2, -0.15) is 0 Å². The first kappa shape index (κ1) is 16.3. The molecule has 2 nitrogen and oxygen atoms in total. The molecule has 0 spiro atoms. The van der Waals surface area contributed by atoms with Crippen molar-refractivity contribution >= 4 is 23.9 Å². The molecule has 0 fully saturated rings. The summed E-state index contributed by atoms with van der Waals surface area (Å²) in [6.07, 6.45) is 0. The van der Waals surface area contributed by atoms with Crippen LogP contribution in [0.4, 0.5) is 0 Å². The Labute approximate surface area is 134 Å². The monoisotopic (exact) mass is 348 g/mol. The fourth-order valence-electron chi connectivity index (χ4n) is 2.27. The van der Waals surface area contributed by atoms with E-state index in [-0.39, 0.29) is 0 Å². The summed E-state index contributed by atoms with van der Waals surface area (Å²) in [4.78, 5) is 4.47. The molecule has 0 bridgehead atoms. The SMILES string of the molecule is CN(C)Cc1ccccc1[Se]c1ccccc1CN(C)C. The van der Waals surface area contributed by atoms with E-state index in [0.29, 0.717) is 15.0 Å². The maximum atomic E-state index is 2.28. The van der Waals surface area contributed by atoms with Crippen LogP contribution in [0.15, 0.2) is 48.5 Å². The zero-order valence-electron chi connectivity index (χ0n) is 13.3. The van der Waals surface area contributed by atoms with Gasteiger partial charge in [0.25, 0.3) is 0 Å². The topological polar surface area (TPSA) is 6.48 Å². The van der Waals surface area contributed by atoms with Crippen LogP contribution in [-0.4, -0.2) is 52.9 Å². The fraction of sp³-hybridized carbons (Fsp3) is 0.333. The molecule has 2 aromatic carbocycles. The molecule has 0 saturated carbocycles. The Bertz CT molecular complexity index is 527. The molecular weight excluding hydrogens is 323 g/mol. The van der Waals surface area contributed by atoms with Crippen molar-refractivity contribution in [1.82, 2.24) is 9.80 Å². The van der Waals surface area contributed by atoms with Gasteiger partial charge in [0.1, 0.15) is 0 Å². The number of benzene rings is 2. The Morgan fingerprint density at radius 3 is 1.43 bits per heavy atom. The molecular formula is C18H24N2Se. The second-order valence-electron chi connectivity index (χ2n) is 5.79. The van der Waals surface area contributed by atoms with Crippen LogP contribution in [0, 0.1) is 0 Å². The van der Waals surface area contributed by atoms with Gasteiger partial charge >= 0.3 is 135 Å². The zero-order chi connectivity index (χ0) is 15.2. The molecule has 0 aliphatic heterocycles. The zero-order valence-corrected chi connectivity index (χ0v) is 15.0. The molecule has 0 saturated heterocycles. The summed E-state index contributed by atoms with van der Waals surface area (Å²) in [6.45, 7) is 2.02. The van der Waals surface area contributed by atoms with Crippen LogP contribution < -0.4 is 8.92 Å². The second kappa shape index (κ2) is 7.76. The first-order valence-electron chi connectivity index (χ1n) is 7.19. The predicted molar refractivity (Wildman–Crippen MR) is 92.7 cm³/mol. The van der Waals surface area contributed by atoms with Crippen LogP contribution in [0.3, 0.4) is 0 Å². The number of rotatable bonds is 6. The third kappa shape index (κ3) is 4.98. The molecule has 2 rings (SSSR count). The van der Waals surface area contributed by atoms with E-state index in [2.05, 4.69) is 86.5 Å². The quantitative estimate of drug-likeness (QED) is 0.730. The first-order chi connectivity index (χ1) is 10.1. The molecule has 0 unspecified atom stereocenters. The maximum absolute atomic E-state index is 2.28. The summed E-state index contributed by atoms with van der Waals surface area (Å²) in [5.74, 6) is 0. The van der Waals surface area contributed by atoms with Crippen LogP contribution in [0.2, 0.25) is 0 Å². The average molecular weight is 347 g/mol. The third-order valence-electron chi connectivity index (χ3n) is 3.14. The molecule has 0 radical (unpaired) electrons. The second-order valence-corrected chi connectivity index (χ2v) is 8.07. The van der Waals surface area contributed by atoms with Gasteiger partial charge in [-0.25, -0.2) is 0 Å². The number of nitrogens with zero attached hydrogens (tertiary/aromatic N) is 2. The van der Waals surface area contributed by atoms with E-state index in [9.17, 15) is 0 Å². The summed E-state index contributed by atoms with van der Waals surface area (Å²) in [5.41, 5.74) is 2.89. The van der Waals surface area contributed by atoms with Gasteiger partial charge in [0.05, 0.1) is 0 Å². The Balaban J connectivity index is 2.26. The van der Waals surface area contributed by atoms with Gasteiger partial charge in [-0.3, -0.25) is 0 Å². The van der Waals surface area contributed by atoms with Crippen molar-refractivity contribution in [3.8, 4) is 0 Å². The summed E-state index contributed by atoms with van der Waals surface area (Å²) >= 11 is 0.360. The van der Waals surface area contributed by atoms with Crippen molar-refractivity contribution in [2.45, 2.75) is 13.1 Å². The predicted octanol–water partition coefficient (Wildman–Crippen LogP) is 1.46. The Hall–Kier alpha value is -1.12. The summed E-state index contributed by atoms with van der Waals surface area (Å²) < 4.78 is 2.98. The van der Waals surface area contributed by atoms with Gasteiger partial charge < -0.3 is 0 Å². The van der Waals surface area contributed by atoms with Crippen LogP contribution in [0.1, 0.15) is 11.1 Å². The van der Waals surface area contributed by atoms with Gasteiger partial charge in [0.2, 0.25) is 0 Å². The molecule has 0 amide bonds. The summed E-state index contributed by atoms with van der Waals surface area (Å²) in [5, 5.41) is 0. The molecule has 0 aliphatic rings.